The third-order valence-corrected chi connectivity index (χ3v) is 5.67. The molecule has 0 spiro atoms. The Morgan fingerprint density at radius 2 is 1.72 bits per heavy atom. The molecule has 0 fully saturated rings. The number of fused-ring (bicyclic) bond motifs is 3. The molecule has 0 unspecified atom stereocenters. The minimum Gasteiger partial charge on any atom is -0.449 e. The van der Waals surface area contributed by atoms with Crippen molar-refractivity contribution in [2.24, 2.45) is 0 Å². The van der Waals surface area contributed by atoms with Gasteiger partial charge < -0.3 is 10.1 Å². The number of benzene rings is 2. The summed E-state index contributed by atoms with van der Waals surface area (Å²) in [7, 11) is 0. The maximum absolute atomic E-state index is 12.1. The van der Waals surface area contributed by atoms with Gasteiger partial charge in [-0.1, -0.05) is 66.7 Å². The van der Waals surface area contributed by atoms with E-state index in [9.17, 15) is 4.79 Å². The van der Waals surface area contributed by atoms with Crippen LogP contribution in [0.2, 0.25) is 0 Å². The summed E-state index contributed by atoms with van der Waals surface area (Å²) in [6.07, 6.45) is 6.05. The average Bonchev–Trinajstić information content (AvgIpc) is 3.07. The van der Waals surface area contributed by atoms with Gasteiger partial charge in [0.15, 0.2) is 0 Å². The SMILES string of the molecule is O=C(NCCC=Cc1cccnc1Br)OCC1c2ccccc2-c2ccccc21. The van der Waals surface area contributed by atoms with Crippen molar-refractivity contribution >= 4 is 28.1 Å². The van der Waals surface area contributed by atoms with Crippen LogP contribution in [0.5, 0.6) is 0 Å². The van der Waals surface area contributed by atoms with Crippen molar-refractivity contribution in [3.05, 3.63) is 94.2 Å². The van der Waals surface area contributed by atoms with E-state index in [1.54, 1.807) is 6.20 Å². The van der Waals surface area contributed by atoms with E-state index < -0.39 is 0 Å². The number of carbonyl (C=O) groups excluding carboxylic acids is 1. The molecule has 0 atom stereocenters. The van der Waals surface area contributed by atoms with E-state index in [2.05, 4.69) is 50.5 Å². The number of rotatable bonds is 6. The van der Waals surface area contributed by atoms with Crippen LogP contribution in [-0.4, -0.2) is 24.2 Å². The fraction of sp³-hybridized carbons (Fsp3) is 0.167. The molecular weight excluding hydrogens is 428 g/mol. The van der Waals surface area contributed by atoms with Crippen LogP contribution in [0.15, 0.2) is 77.5 Å². The van der Waals surface area contributed by atoms with Gasteiger partial charge in [-0.05, 0) is 50.7 Å². The lowest BCUT2D eigenvalue weighted by atomic mass is 9.98. The maximum atomic E-state index is 12.1. The molecule has 1 N–H and O–H groups in total. The molecule has 1 aliphatic rings. The van der Waals surface area contributed by atoms with Crippen molar-refractivity contribution in [1.29, 1.82) is 0 Å². The quantitative estimate of drug-likeness (QED) is 0.383. The molecule has 1 aromatic heterocycles. The number of carbonyl (C=O) groups is 1. The molecule has 4 nitrogen and oxygen atoms in total. The molecule has 146 valence electrons. The zero-order chi connectivity index (χ0) is 20.1. The van der Waals surface area contributed by atoms with Gasteiger partial charge in [-0.25, -0.2) is 9.78 Å². The number of aromatic nitrogens is 1. The first kappa shape index (κ1) is 19.4. The van der Waals surface area contributed by atoms with Crippen LogP contribution in [0.1, 0.15) is 29.0 Å². The van der Waals surface area contributed by atoms with Gasteiger partial charge in [0, 0.05) is 24.2 Å². The zero-order valence-corrected chi connectivity index (χ0v) is 17.4. The molecule has 0 bridgehead atoms. The Labute approximate surface area is 178 Å². The monoisotopic (exact) mass is 448 g/mol. The molecule has 1 aliphatic carbocycles. The van der Waals surface area contributed by atoms with E-state index in [1.165, 1.54) is 22.3 Å². The Kier molecular flexibility index (Phi) is 6.06. The van der Waals surface area contributed by atoms with E-state index >= 15 is 0 Å². The molecule has 0 saturated heterocycles. The van der Waals surface area contributed by atoms with E-state index in [0.717, 1.165) is 10.2 Å². The van der Waals surface area contributed by atoms with E-state index in [0.29, 0.717) is 19.6 Å². The Balaban J connectivity index is 1.29. The van der Waals surface area contributed by atoms with Crippen LogP contribution in [0, 0.1) is 0 Å². The number of hydrogen-bond donors (Lipinski definition) is 1. The number of amides is 1. The predicted molar refractivity (Wildman–Crippen MR) is 119 cm³/mol. The Hall–Kier alpha value is -2.92. The molecule has 29 heavy (non-hydrogen) atoms. The van der Waals surface area contributed by atoms with Crippen LogP contribution in [-0.2, 0) is 4.74 Å². The van der Waals surface area contributed by atoms with Gasteiger partial charge in [-0.3, -0.25) is 0 Å². The number of ether oxygens (including phenoxy) is 1. The summed E-state index contributed by atoms with van der Waals surface area (Å²) in [6, 6.07) is 20.5. The molecule has 5 heteroatoms. The second-order valence-electron chi connectivity index (χ2n) is 6.83. The number of nitrogens with one attached hydrogen (secondary N) is 1. The Morgan fingerprint density at radius 1 is 1.03 bits per heavy atom. The second kappa shape index (κ2) is 9.05. The average molecular weight is 449 g/mol. The normalized spacial score (nSPS) is 12.6. The Morgan fingerprint density at radius 3 is 2.41 bits per heavy atom. The van der Waals surface area contributed by atoms with Crippen molar-refractivity contribution < 1.29 is 9.53 Å². The topological polar surface area (TPSA) is 51.2 Å². The number of pyridine rings is 1. The molecular formula is C24H21BrN2O2. The van der Waals surface area contributed by atoms with Gasteiger partial charge in [0.2, 0.25) is 0 Å². The van der Waals surface area contributed by atoms with Crippen LogP contribution in [0.3, 0.4) is 0 Å². The Bertz CT molecular complexity index is 1000. The molecule has 1 amide bonds. The van der Waals surface area contributed by atoms with E-state index in [-0.39, 0.29) is 12.0 Å². The lowest BCUT2D eigenvalue weighted by molar-refractivity contribution is 0.143. The number of hydrogen-bond acceptors (Lipinski definition) is 3. The van der Waals surface area contributed by atoms with Crippen molar-refractivity contribution in [3.63, 3.8) is 0 Å². The van der Waals surface area contributed by atoms with Gasteiger partial charge >= 0.3 is 6.09 Å². The fourth-order valence-electron chi connectivity index (χ4n) is 3.64. The molecule has 4 rings (SSSR count). The standard InChI is InChI=1S/C24H21BrN2O2/c25-23-17(9-7-15-26-23)8-5-6-14-27-24(28)29-16-22-20-12-3-1-10-18(20)19-11-2-4-13-21(19)22/h1-5,7-13,15,22H,6,14,16H2,(H,27,28). The van der Waals surface area contributed by atoms with Gasteiger partial charge in [-0.2, -0.15) is 0 Å². The third kappa shape index (κ3) is 4.40. The fourth-order valence-corrected chi connectivity index (χ4v) is 4.02. The molecule has 0 saturated carbocycles. The van der Waals surface area contributed by atoms with Crippen molar-refractivity contribution in [3.8, 4) is 11.1 Å². The summed E-state index contributed by atoms with van der Waals surface area (Å²) in [5.74, 6) is 0.0796. The first-order valence-corrected chi connectivity index (χ1v) is 10.4. The molecule has 3 aromatic rings. The summed E-state index contributed by atoms with van der Waals surface area (Å²) >= 11 is 3.41. The van der Waals surface area contributed by atoms with Gasteiger partial charge in [0.25, 0.3) is 0 Å². The number of alkyl carbamates (subject to hydrolysis) is 1. The van der Waals surface area contributed by atoms with Crippen molar-refractivity contribution in [1.82, 2.24) is 10.3 Å². The van der Waals surface area contributed by atoms with Crippen molar-refractivity contribution in [2.45, 2.75) is 12.3 Å². The molecule has 0 aliphatic heterocycles. The predicted octanol–water partition coefficient (Wildman–Crippen LogP) is 5.79. The van der Waals surface area contributed by atoms with E-state index in [1.807, 2.05) is 48.6 Å². The van der Waals surface area contributed by atoms with Crippen LogP contribution in [0.4, 0.5) is 4.79 Å². The molecule has 2 aromatic carbocycles. The molecule has 1 heterocycles. The van der Waals surface area contributed by atoms with Crippen molar-refractivity contribution in [2.75, 3.05) is 13.2 Å². The highest BCUT2D eigenvalue weighted by Gasteiger charge is 2.28. The highest BCUT2D eigenvalue weighted by molar-refractivity contribution is 9.10. The van der Waals surface area contributed by atoms with Crippen LogP contribution < -0.4 is 5.32 Å². The minimum absolute atomic E-state index is 0.0796. The van der Waals surface area contributed by atoms with Crippen LogP contribution in [0.25, 0.3) is 17.2 Å². The highest BCUT2D eigenvalue weighted by atomic mass is 79.9. The van der Waals surface area contributed by atoms with Gasteiger partial charge in [-0.15, -0.1) is 0 Å². The maximum Gasteiger partial charge on any atom is 0.407 e. The van der Waals surface area contributed by atoms with Gasteiger partial charge in [0.05, 0.1) is 0 Å². The minimum atomic E-state index is -0.386. The first-order valence-electron chi connectivity index (χ1n) is 9.60. The summed E-state index contributed by atoms with van der Waals surface area (Å²) in [4.78, 5) is 16.3. The lowest BCUT2D eigenvalue weighted by Crippen LogP contribution is -2.26. The first-order chi connectivity index (χ1) is 14.2. The van der Waals surface area contributed by atoms with E-state index in [4.69, 9.17) is 4.74 Å². The zero-order valence-electron chi connectivity index (χ0n) is 15.8. The van der Waals surface area contributed by atoms with Crippen LogP contribution >= 0.6 is 15.9 Å². The number of halogens is 1. The summed E-state index contributed by atoms with van der Waals surface area (Å²) in [5.41, 5.74) is 5.89. The summed E-state index contributed by atoms with van der Waals surface area (Å²) in [6.45, 7) is 0.851. The number of nitrogens with zero attached hydrogens (tertiary/aromatic N) is 1. The smallest absolute Gasteiger partial charge is 0.407 e. The lowest BCUT2D eigenvalue weighted by Gasteiger charge is -2.14. The summed E-state index contributed by atoms with van der Waals surface area (Å²) in [5, 5.41) is 2.82. The largest absolute Gasteiger partial charge is 0.449 e. The summed E-state index contributed by atoms with van der Waals surface area (Å²) < 4.78 is 6.34. The highest BCUT2D eigenvalue weighted by Crippen LogP contribution is 2.44. The van der Waals surface area contributed by atoms with Gasteiger partial charge in [0.1, 0.15) is 11.2 Å². The second-order valence-corrected chi connectivity index (χ2v) is 7.58. The third-order valence-electron chi connectivity index (χ3n) is 5.01. The molecule has 0 radical (unpaired) electrons.